The molecule has 2 heterocycles. The number of nitrogens with zero attached hydrogens (tertiary/aromatic N) is 3. The van der Waals surface area contributed by atoms with Crippen LogP contribution in [-0.4, -0.2) is 26.4 Å². The van der Waals surface area contributed by atoms with Crippen LogP contribution in [0.2, 0.25) is 0 Å². The average molecular weight is 336 g/mol. The molecule has 0 aliphatic carbocycles. The van der Waals surface area contributed by atoms with E-state index in [0.717, 1.165) is 17.9 Å². The highest BCUT2D eigenvalue weighted by Crippen LogP contribution is 2.35. The van der Waals surface area contributed by atoms with Gasteiger partial charge in [0.15, 0.2) is 0 Å². The zero-order valence-corrected chi connectivity index (χ0v) is 13.7. The Kier molecular flexibility index (Phi) is 4.04. The summed E-state index contributed by atoms with van der Waals surface area (Å²) in [4.78, 5) is 17.8. The van der Waals surface area contributed by atoms with E-state index >= 15 is 0 Å². The van der Waals surface area contributed by atoms with Gasteiger partial charge in [-0.3, -0.25) is 4.79 Å². The molecule has 120 valence electrons. The quantitative estimate of drug-likeness (QED) is 0.798. The van der Waals surface area contributed by atoms with Crippen LogP contribution in [0, 0.1) is 0 Å². The summed E-state index contributed by atoms with van der Waals surface area (Å²) in [5, 5.41) is 7.24. The zero-order chi connectivity index (χ0) is 16.4. The molecule has 3 aromatic rings. The molecule has 0 saturated heterocycles. The lowest BCUT2D eigenvalue weighted by Gasteiger charge is -2.25. The second-order valence-corrected chi connectivity index (χ2v) is 6.72. The molecule has 1 aromatic heterocycles. The number of nitrogens with one attached hydrogen (secondary N) is 1. The first-order valence-corrected chi connectivity index (χ1v) is 8.77. The molecule has 0 spiro atoms. The van der Waals surface area contributed by atoms with Crippen LogP contribution in [0.1, 0.15) is 28.4 Å². The zero-order valence-electron chi connectivity index (χ0n) is 12.9. The normalized spacial score (nSPS) is 16.4. The van der Waals surface area contributed by atoms with Gasteiger partial charge >= 0.3 is 0 Å². The van der Waals surface area contributed by atoms with Crippen LogP contribution in [-0.2, 0) is 0 Å². The van der Waals surface area contributed by atoms with E-state index in [9.17, 15) is 4.79 Å². The molecule has 1 N–H and O–H groups in total. The molecule has 6 heteroatoms. The summed E-state index contributed by atoms with van der Waals surface area (Å²) in [6, 6.07) is 15.7. The van der Waals surface area contributed by atoms with Crippen molar-refractivity contribution in [3.63, 3.8) is 0 Å². The summed E-state index contributed by atoms with van der Waals surface area (Å²) >= 11 is 1.85. The van der Waals surface area contributed by atoms with Crippen LogP contribution < -0.4 is 5.32 Å². The third kappa shape index (κ3) is 2.92. The van der Waals surface area contributed by atoms with Gasteiger partial charge in [0, 0.05) is 16.2 Å². The smallest absolute Gasteiger partial charge is 0.251 e. The van der Waals surface area contributed by atoms with Crippen molar-refractivity contribution >= 4 is 17.7 Å². The van der Waals surface area contributed by atoms with Crippen molar-refractivity contribution in [3.05, 3.63) is 72.3 Å². The van der Waals surface area contributed by atoms with Crippen LogP contribution in [0.25, 0.3) is 5.69 Å². The first-order valence-electron chi connectivity index (χ1n) is 7.79. The van der Waals surface area contributed by atoms with Crippen molar-refractivity contribution in [2.24, 2.45) is 0 Å². The maximum Gasteiger partial charge on any atom is 0.251 e. The van der Waals surface area contributed by atoms with Crippen molar-refractivity contribution in [1.82, 2.24) is 20.1 Å². The highest BCUT2D eigenvalue weighted by atomic mass is 32.2. The summed E-state index contributed by atoms with van der Waals surface area (Å²) in [5.74, 6) is 0.972. The van der Waals surface area contributed by atoms with Crippen LogP contribution in [0.4, 0.5) is 0 Å². The minimum atomic E-state index is -0.0492. The summed E-state index contributed by atoms with van der Waals surface area (Å²) in [6.45, 7) is 0. The Hall–Kier alpha value is -2.60. The second-order valence-electron chi connectivity index (χ2n) is 5.59. The summed E-state index contributed by atoms with van der Waals surface area (Å²) in [7, 11) is 0. The van der Waals surface area contributed by atoms with Crippen molar-refractivity contribution in [2.75, 3.05) is 5.75 Å². The number of hydrogen-bond donors (Lipinski definition) is 1. The van der Waals surface area contributed by atoms with Crippen molar-refractivity contribution < 1.29 is 4.79 Å². The Morgan fingerprint density at radius 3 is 2.79 bits per heavy atom. The van der Waals surface area contributed by atoms with E-state index in [1.165, 1.54) is 16.8 Å². The monoisotopic (exact) mass is 336 g/mol. The van der Waals surface area contributed by atoms with Crippen molar-refractivity contribution in [3.8, 4) is 5.69 Å². The van der Waals surface area contributed by atoms with Crippen LogP contribution in [0.5, 0.6) is 0 Å². The van der Waals surface area contributed by atoms with Gasteiger partial charge in [-0.15, -0.1) is 11.8 Å². The van der Waals surface area contributed by atoms with Gasteiger partial charge < -0.3 is 5.32 Å². The van der Waals surface area contributed by atoms with Gasteiger partial charge in [0.2, 0.25) is 0 Å². The van der Waals surface area contributed by atoms with Gasteiger partial charge in [0.05, 0.1) is 11.7 Å². The number of carbonyl (C=O) groups excluding carboxylic acids is 1. The Morgan fingerprint density at radius 1 is 1.17 bits per heavy atom. The van der Waals surface area contributed by atoms with E-state index in [-0.39, 0.29) is 11.9 Å². The Balaban J connectivity index is 1.51. The maximum absolute atomic E-state index is 12.6. The molecule has 0 radical (unpaired) electrons. The third-order valence-electron chi connectivity index (χ3n) is 4.08. The van der Waals surface area contributed by atoms with Crippen LogP contribution >= 0.6 is 11.8 Å². The van der Waals surface area contributed by atoms with E-state index in [1.807, 2.05) is 48.2 Å². The first kappa shape index (κ1) is 15.0. The van der Waals surface area contributed by atoms with Crippen molar-refractivity contribution in [1.29, 1.82) is 0 Å². The number of fused-ring (bicyclic) bond motifs is 1. The molecule has 0 unspecified atom stereocenters. The topological polar surface area (TPSA) is 59.8 Å². The Bertz CT molecular complexity index is 846. The molecule has 24 heavy (non-hydrogen) atoms. The van der Waals surface area contributed by atoms with Gasteiger partial charge in [-0.2, -0.15) is 5.10 Å². The number of benzene rings is 2. The fourth-order valence-electron chi connectivity index (χ4n) is 2.84. The van der Waals surface area contributed by atoms with E-state index in [4.69, 9.17) is 0 Å². The molecule has 1 aliphatic rings. The molecule has 0 fully saturated rings. The SMILES string of the molecule is O=C(N[C@@H]1CCSc2ccccc21)c1ccc(-n2cncn2)cc1. The Morgan fingerprint density at radius 2 is 2.00 bits per heavy atom. The molecule has 1 atom stereocenters. The molecule has 4 rings (SSSR count). The molecule has 5 nitrogen and oxygen atoms in total. The minimum Gasteiger partial charge on any atom is -0.345 e. The van der Waals surface area contributed by atoms with E-state index in [0.29, 0.717) is 5.56 Å². The predicted octanol–water partition coefficient (Wildman–Crippen LogP) is 3.23. The number of amides is 1. The number of thioether (sulfide) groups is 1. The molecule has 0 saturated carbocycles. The predicted molar refractivity (Wildman–Crippen MR) is 93.3 cm³/mol. The highest BCUT2D eigenvalue weighted by molar-refractivity contribution is 7.99. The van der Waals surface area contributed by atoms with E-state index in [2.05, 4.69) is 27.5 Å². The number of aromatic nitrogens is 3. The van der Waals surface area contributed by atoms with Gasteiger partial charge in [0.1, 0.15) is 12.7 Å². The molecular formula is C18H16N4OS. The standard InChI is InChI=1S/C18H16N4OS/c23-18(13-5-7-14(8-6-13)22-12-19-11-20-22)21-16-9-10-24-17-4-2-1-3-15(16)17/h1-8,11-12,16H,9-10H2,(H,21,23)/t16-/m1/s1. The largest absolute Gasteiger partial charge is 0.345 e. The van der Waals surface area contributed by atoms with Gasteiger partial charge in [-0.05, 0) is 42.3 Å². The fraction of sp³-hybridized carbons (Fsp3) is 0.167. The third-order valence-corrected chi connectivity index (χ3v) is 5.20. The molecule has 1 aliphatic heterocycles. The average Bonchev–Trinajstić information content (AvgIpc) is 3.17. The van der Waals surface area contributed by atoms with Crippen molar-refractivity contribution in [2.45, 2.75) is 17.4 Å². The Labute approximate surface area is 144 Å². The fourth-order valence-corrected chi connectivity index (χ4v) is 3.97. The number of rotatable bonds is 3. The van der Waals surface area contributed by atoms with Gasteiger partial charge in [0.25, 0.3) is 5.91 Å². The second kappa shape index (κ2) is 6.49. The highest BCUT2D eigenvalue weighted by Gasteiger charge is 2.22. The lowest BCUT2D eigenvalue weighted by Crippen LogP contribution is -2.30. The number of carbonyl (C=O) groups is 1. The van der Waals surface area contributed by atoms with Gasteiger partial charge in [-0.25, -0.2) is 9.67 Å². The van der Waals surface area contributed by atoms with E-state index < -0.39 is 0 Å². The molecule has 1 amide bonds. The van der Waals surface area contributed by atoms with Gasteiger partial charge in [-0.1, -0.05) is 18.2 Å². The summed E-state index contributed by atoms with van der Waals surface area (Å²) < 4.78 is 1.66. The number of hydrogen-bond acceptors (Lipinski definition) is 4. The first-order chi connectivity index (χ1) is 11.8. The molecule has 0 bridgehead atoms. The molecule has 2 aromatic carbocycles. The molecular weight excluding hydrogens is 320 g/mol. The summed E-state index contributed by atoms with van der Waals surface area (Å²) in [6.07, 6.45) is 4.06. The minimum absolute atomic E-state index is 0.0492. The summed E-state index contributed by atoms with van der Waals surface area (Å²) in [5.41, 5.74) is 2.74. The van der Waals surface area contributed by atoms with Crippen LogP contribution in [0.15, 0.2) is 66.1 Å². The maximum atomic E-state index is 12.6. The van der Waals surface area contributed by atoms with E-state index in [1.54, 1.807) is 11.0 Å². The van der Waals surface area contributed by atoms with Crippen LogP contribution in [0.3, 0.4) is 0 Å². The lowest BCUT2D eigenvalue weighted by atomic mass is 10.0. The lowest BCUT2D eigenvalue weighted by molar-refractivity contribution is 0.0935.